The van der Waals surface area contributed by atoms with Crippen LogP contribution in [-0.2, 0) is 0 Å². The molecule has 0 bridgehead atoms. The summed E-state index contributed by atoms with van der Waals surface area (Å²) in [5, 5.41) is 2.79. The normalized spacial score (nSPS) is 12.4. The average molecular weight is 280 g/mol. The number of nitrogens with zero attached hydrogens (tertiary/aromatic N) is 3. The molecule has 2 heterocycles. The van der Waals surface area contributed by atoms with Gasteiger partial charge in [-0.1, -0.05) is 17.8 Å². The number of nitrogen functional groups attached to an aromatic ring is 1. The summed E-state index contributed by atoms with van der Waals surface area (Å²) in [4.78, 5) is 12.1. The quantitative estimate of drug-likeness (QED) is 0.689. The van der Waals surface area contributed by atoms with E-state index in [4.69, 9.17) is 5.73 Å². The van der Waals surface area contributed by atoms with E-state index in [1.165, 1.54) is 16.6 Å². The van der Waals surface area contributed by atoms with Crippen LogP contribution in [0.4, 0.5) is 11.6 Å². The van der Waals surface area contributed by atoms with Gasteiger partial charge in [-0.3, -0.25) is 0 Å². The first-order valence-electron chi connectivity index (χ1n) is 5.56. The summed E-state index contributed by atoms with van der Waals surface area (Å²) in [6, 6.07) is 6.27. The van der Waals surface area contributed by atoms with Crippen LogP contribution in [0.5, 0.6) is 0 Å². The largest absolute Gasteiger partial charge is 0.383 e. The van der Waals surface area contributed by atoms with E-state index in [-0.39, 0.29) is 6.04 Å². The maximum absolute atomic E-state index is 5.80. The molecule has 0 aromatic carbocycles. The van der Waals surface area contributed by atoms with Crippen LogP contribution in [0.25, 0.3) is 0 Å². The van der Waals surface area contributed by atoms with Crippen molar-refractivity contribution in [1.82, 2.24) is 9.97 Å². The number of anilines is 2. The Kier molecular flexibility index (Phi) is 4.08. The van der Waals surface area contributed by atoms with E-state index in [1.54, 1.807) is 11.3 Å². The number of aromatic nitrogens is 2. The maximum Gasteiger partial charge on any atom is 0.191 e. The third kappa shape index (κ3) is 2.76. The molecule has 2 aromatic rings. The zero-order chi connectivity index (χ0) is 13.1. The van der Waals surface area contributed by atoms with E-state index >= 15 is 0 Å². The summed E-state index contributed by atoms with van der Waals surface area (Å²) in [5.41, 5.74) is 5.80. The minimum Gasteiger partial charge on any atom is -0.383 e. The molecule has 1 unspecified atom stereocenters. The molecule has 1 atom stereocenters. The van der Waals surface area contributed by atoms with Crippen molar-refractivity contribution in [3.05, 3.63) is 28.5 Å². The molecule has 0 saturated heterocycles. The molecule has 0 aliphatic heterocycles. The Labute approximate surface area is 115 Å². The molecule has 18 heavy (non-hydrogen) atoms. The van der Waals surface area contributed by atoms with Crippen LogP contribution in [0.2, 0.25) is 0 Å². The summed E-state index contributed by atoms with van der Waals surface area (Å²) in [5.74, 6) is 1.36. The lowest BCUT2D eigenvalue weighted by molar-refractivity contribution is 0.732. The van der Waals surface area contributed by atoms with Gasteiger partial charge in [0, 0.05) is 18.0 Å². The molecule has 0 fully saturated rings. The summed E-state index contributed by atoms with van der Waals surface area (Å²) >= 11 is 3.24. The maximum atomic E-state index is 5.80. The van der Waals surface area contributed by atoms with Crippen molar-refractivity contribution in [2.45, 2.75) is 18.1 Å². The predicted octanol–water partition coefficient (Wildman–Crippen LogP) is 3.04. The smallest absolute Gasteiger partial charge is 0.191 e. The van der Waals surface area contributed by atoms with Gasteiger partial charge in [-0.05, 0) is 24.6 Å². The predicted molar refractivity (Wildman–Crippen MR) is 79.4 cm³/mol. The molecule has 0 aliphatic carbocycles. The van der Waals surface area contributed by atoms with Crippen LogP contribution in [0.15, 0.2) is 28.7 Å². The lowest BCUT2D eigenvalue weighted by atomic mass is 10.2. The molecule has 0 saturated carbocycles. The van der Waals surface area contributed by atoms with Crippen LogP contribution < -0.4 is 10.6 Å². The standard InChI is InChI=1S/C12H16N4S2/c1-8(9-5-4-6-18-9)16(2)11-7-10(13)14-12(15-11)17-3/h4-8H,1-3H3,(H2,13,14,15). The summed E-state index contributed by atoms with van der Waals surface area (Å²) < 4.78 is 0. The highest BCUT2D eigenvalue weighted by Crippen LogP contribution is 2.28. The van der Waals surface area contributed by atoms with E-state index in [2.05, 4.69) is 39.3 Å². The van der Waals surface area contributed by atoms with Gasteiger partial charge in [-0.15, -0.1) is 11.3 Å². The number of hydrogen-bond acceptors (Lipinski definition) is 6. The number of hydrogen-bond donors (Lipinski definition) is 1. The van der Waals surface area contributed by atoms with Gasteiger partial charge < -0.3 is 10.6 Å². The van der Waals surface area contributed by atoms with Crippen LogP contribution >= 0.6 is 23.1 Å². The molecule has 2 rings (SSSR count). The zero-order valence-electron chi connectivity index (χ0n) is 10.6. The lowest BCUT2D eigenvalue weighted by Crippen LogP contribution is -2.22. The second-order valence-corrected chi connectivity index (χ2v) is 5.69. The Balaban J connectivity index is 2.28. The van der Waals surface area contributed by atoms with E-state index in [9.17, 15) is 0 Å². The second-order valence-electron chi connectivity index (χ2n) is 3.94. The Morgan fingerprint density at radius 1 is 1.44 bits per heavy atom. The zero-order valence-corrected chi connectivity index (χ0v) is 12.3. The number of thiophene rings is 1. The Morgan fingerprint density at radius 3 is 2.83 bits per heavy atom. The molecular formula is C12H16N4S2. The van der Waals surface area contributed by atoms with Gasteiger partial charge in [0.1, 0.15) is 11.6 Å². The molecule has 6 heteroatoms. The fourth-order valence-electron chi connectivity index (χ4n) is 1.62. The molecular weight excluding hydrogens is 264 g/mol. The van der Waals surface area contributed by atoms with E-state index in [1.807, 2.05) is 19.4 Å². The first-order chi connectivity index (χ1) is 8.61. The summed E-state index contributed by atoms with van der Waals surface area (Å²) in [6.45, 7) is 2.16. The lowest BCUT2D eigenvalue weighted by Gasteiger charge is -2.25. The van der Waals surface area contributed by atoms with Gasteiger partial charge in [0.05, 0.1) is 6.04 Å². The van der Waals surface area contributed by atoms with Crippen molar-refractivity contribution in [1.29, 1.82) is 0 Å². The Hall–Kier alpha value is -1.27. The molecule has 0 aliphatic rings. The highest BCUT2D eigenvalue weighted by molar-refractivity contribution is 7.98. The minimum atomic E-state index is 0.272. The van der Waals surface area contributed by atoms with Gasteiger partial charge in [-0.25, -0.2) is 9.97 Å². The molecule has 0 radical (unpaired) electrons. The monoisotopic (exact) mass is 280 g/mol. The molecule has 4 nitrogen and oxygen atoms in total. The Bertz CT molecular complexity index is 513. The molecule has 0 amide bonds. The molecule has 96 valence electrons. The molecule has 2 N–H and O–H groups in total. The van der Waals surface area contributed by atoms with Gasteiger partial charge >= 0.3 is 0 Å². The van der Waals surface area contributed by atoms with Crippen molar-refractivity contribution >= 4 is 34.7 Å². The topological polar surface area (TPSA) is 55.0 Å². The van der Waals surface area contributed by atoms with Crippen molar-refractivity contribution < 1.29 is 0 Å². The first-order valence-corrected chi connectivity index (χ1v) is 7.67. The van der Waals surface area contributed by atoms with E-state index in [0.717, 1.165) is 5.82 Å². The fourth-order valence-corrected chi connectivity index (χ4v) is 2.83. The van der Waals surface area contributed by atoms with E-state index < -0.39 is 0 Å². The second kappa shape index (κ2) is 5.58. The van der Waals surface area contributed by atoms with Crippen LogP contribution in [0.1, 0.15) is 17.8 Å². The Morgan fingerprint density at radius 2 is 2.22 bits per heavy atom. The molecule has 0 spiro atoms. The summed E-state index contributed by atoms with van der Waals surface area (Å²) in [7, 11) is 2.02. The van der Waals surface area contributed by atoms with Gasteiger partial charge in [0.25, 0.3) is 0 Å². The highest BCUT2D eigenvalue weighted by Gasteiger charge is 2.15. The van der Waals surface area contributed by atoms with Gasteiger partial charge in [0.2, 0.25) is 0 Å². The van der Waals surface area contributed by atoms with Crippen molar-refractivity contribution in [2.24, 2.45) is 0 Å². The third-order valence-electron chi connectivity index (χ3n) is 2.79. The molecule has 2 aromatic heterocycles. The highest BCUT2D eigenvalue weighted by atomic mass is 32.2. The average Bonchev–Trinajstić information content (AvgIpc) is 2.90. The fraction of sp³-hybridized carbons (Fsp3) is 0.333. The number of thioether (sulfide) groups is 1. The summed E-state index contributed by atoms with van der Waals surface area (Å²) in [6.07, 6.45) is 1.95. The minimum absolute atomic E-state index is 0.272. The van der Waals surface area contributed by atoms with E-state index in [0.29, 0.717) is 11.0 Å². The SMILES string of the molecule is CSc1nc(N)cc(N(C)C(C)c2cccs2)n1. The first kappa shape index (κ1) is 13.2. The van der Waals surface area contributed by atoms with Gasteiger partial charge in [-0.2, -0.15) is 0 Å². The van der Waals surface area contributed by atoms with Crippen LogP contribution in [0, 0.1) is 0 Å². The van der Waals surface area contributed by atoms with Crippen molar-refractivity contribution in [2.75, 3.05) is 23.9 Å². The third-order valence-corrected chi connectivity index (χ3v) is 4.38. The van der Waals surface area contributed by atoms with Gasteiger partial charge in [0.15, 0.2) is 5.16 Å². The van der Waals surface area contributed by atoms with Crippen LogP contribution in [0.3, 0.4) is 0 Å². The number of nitrogens with two attached hydrogens (primary N) is 1. The van der Waals surface area contributed by atoms with Crippen molar-refractivity contribution in [3.8, 4) is 0 Å². The van der Waals surface area contributed by atoms with Crippen LogP contribution in [-0.4, -0.2) is 23.3 Å². The van der Waals surface area contributed by atoms with Crippen molar-refractivity contribution in [3.63, 3.8) is 0 Å². The number of rotatable bonds is 4.